The van der Waals surface area contributed by atoms with E-state index in [0.29, 0.717) is 18.6 Å². The van der Waals surface area contributed by atoms with Crippen molar-refractivity contribution in [3.63, 3.8) is 0 Å². The molecule has 0 bridgehead atoms. The van der Waals surface area contributed by atoms with Crippen molar-refractivity contribution in [1.82, 2.24) is 10.3 Å². The van der Waals surface area contributed by atoms with Gasteiger partial charge in [0.25, 0.3) is 0 Å². The summed E-state index contributed by atoms with van der Waals surface area (Å²) in [6.45, 7) is 3.25. The number of aromatic nitrogens is 1. The molecule has 1 fully saturated rings. The molecule has 1 saturated carbocycles. The average Bonchev–Trinajstić information content (AvgIpc) is 2.73. The van der Waals surface area contributed by atoms with E-state index in [1.807, 2.05) is 13.1 Å². The van der Waals surface area contributed by atoms with Gasteiger partial charge in [-0.1, -0.05) is 12.8 Å². The Kier molecular flexibility index (Phi) is 4.32. The zero-order valence-electron chi connectivity index (χ0n) is 9.78. The van der Waals surface area contributed by atoms with Crippen molar-refractivity contribution >= 4 is 11.3 Å². The lowest BCUT2D eigenvalue weighted by molar-refractivity contribution is 0.152. The van der Waals surface area contributed by atoms with Crippen LogP contribution in [-0.4, -0.2) is 22.7 Å². The molecule has 0 aromatic carbocycles. The lowest BCUT2D eigenvalue weighted by Gasteiger charge is -2.30. The minimum Gasteiger partial charge on any atom is -0.396 e. The van der Waals surface area contributed by atoms with Crippen LogP contribution in [0.4, 0.5) is 0 Å². The van der Waals surface area contributed by atoms with Crippen molar-refractivity contribution in [2.24, 2.45) is 5.92 Å². The molecule has 90 valence electrons. The molecule has 0 spiro atoms. The van der Waals surface area contributed by atoms with Crippen LogP contribution in [-0.2, 0) is 6.54 Å². The maximum absolute atomic E-state index is 9.31. The Hall–Kier alpha value is -0.450. The number of nitrogens with one attached hydrogen (secondary N) is 1. The summed E-state index contributed by atoms with van der Waals surface area (Å²) in [5, 5.41) is 14.0. The summed E-state index contributed by atoms with van der Waals surface area (Å²) in [7, 11) is 0. The second kappa shape index (κ2) is 5.75. The van der Waals surface area contributed by atoms with Gasteiger partial charge in [-0.25, -0.2) is 4.98 Å². The Balaban J connectivity index is 1.84. The molecule has 1 heterocycles. The fraction of sp³-hybridized carbons (Fsp3) is 0.750. The van der Waals surface area contributed by atoms with Gasteiger partial charge in [-0.05, 0) is 25.7 Å². The SMILES string of the molecule is Cc1ncc(CNC2CCCCC2CO)s1. The predicted octanol–water partition coefficient (Wildman–Crippen LogP) is 2.09. The number of thiazole rings is 1. The van der Waals surface area contributed by atoms with Crippen molar-refractivity contribution < 1.29 is 5.11 Å². The number of rotatable bonds is 4. The van der Waals surface area contributed by atoms with Crippen LogP contribution in [0.3, 0.4) is 0 Å². The first-order valence-corrected chi connectivity index (χ1v) is 6.87. The van der Waals surface area contributed by atoms with Gasteiger partial charge in [-0.2, -0.15) is 0 Å². The number of aryl methyl sites for hydroxylation is 1. The molecule has 2 unspecified atom stereocenters. The first-order valence-electron chi connectivity index (χ1n) is 6.05. The maximum atomic E-state index is 9.31. The molecule has 16 heavy (non-hydrogen) atoms. The van der Waals surface area contributed by atoms with Gasteiger partial charge in [0, 0.05) is 30.3 Å². The lowest BCUT2D eigenvalue weighted by atomic mass is 9.85. The highest BCUT2D eigenvalue weighted by atomic mass is 32.1. The molecule has 0 saturated heterocycles. The summed E-state index contributed by atoms with van der Waals surface area (Å²) in [5.41, 5.74) is 0. The number of hydrogen-bond donors (Lipinski definition) is 2. The standard InChI is InChI=1S/C12H20N2OS/c1-9-13-6-11(16-9)7-14-12-5-3-2-4-10(12)8-15/h6,10,12,14-15H,2-5,7-8H2,1H3. The van der Waals surface area contributed by atoms with Crippen LogP contribution in [0.15, 0.2) is 6.20 Å². The van der Waals surface area contributed by atoms with Crippen LogP contribution in [0.2, 0.25) is 0 Å². The van der Waals surface area contributed by atoms with Crippen LogP contribution in [0.25, 0.3) is 0 Å². The van der Waals surface area contributed by atoms with Gasteiger partial charge in [-0.15, -0.1) is 11.3 Å². The van der Waals surface area contributed by atoms with E-state index in [0.717, 1.165) is 18.0 Å². The molecule has 1 aliphatic carbocycles. The van der Waals surface area contributed by atoms with Crippen LogP contribution in [0.1, 0.15) is 35.6 Å². The average molecular weight is 240 g/mol. The van der Waals surface area contributed by atoms with Crippen LogP contribution in [0.5, 0.6) is 0 Å². The van der Waals surface area contributed by atoms with E-state index in [9.17, 15) is 5.11 Å². The van der Waals surface area contributed by atoms with Crippen molar-refractivity contribution in [3.05, 3.63) is 16.1 Å². The Labute approximate surface area is 101 Å². The van der Waals surface area contributed by atoms with Crippen molar-refractivity contribution in [2.75, 3.05) is 6.61 Å². The van der Waals surface area contributed by atoms with E-state index in [1.54, 1.807) is 11.3 Å². The third kappa shape index (κ3) is 3.03. The highest BCUT2D eigenvalue weighted by Crippen LogP contribution is 2.24. The monoisotopic (exact) mass is 240 g/mol. The summed E-state index contributed by atoms with van der Waals surface area (Å²) < 4.78 is 0. The van der Waals surface area contributed by atoms with Gasteiger partial charge in [0.2, 0.25) is 0 Å². The van der Waals surface area contributed by atoms with E-state index in [2.05, 4.69) is 10.3 Å². The third-order valence-electron chi connectivity index (χ3n) is 3.35. The molecule has 0 amide bonds. The Morgan fingerprint density at radius 1 is 1.50 bits per heavy atom. The number of aliphatic hydroxyl groups is 1. The summed E-state index contributed by atoms with van der Waals surface area (Å²) in [5.74, 6) is 0.447. The van der Waals surface area contributed by atoms with Crippen molar-refractivity contribution in [3.8, 4) is 0 Å². The molecule has 1 aliphatic rings. The molecular formula is C12H20N2OS. The number of hydrogen-bond acceptors (Lipinski definition) is 4. The molecule has 3 nitrogen and oxygen atoms in total. The van der Waals surface area contributed by atoms with Crippen LogP contribution >= 0.6 is 11.3 Å². The van der Waals surface area contributed by atoms with Gasteiger partial charge in [0.1, 0.15) is 0 Å². The largest absolute Gasteiger partial charge is 0.396 e. The van der Waals surface area contributed by atoms with E-state index >= 15 is 0 Å². The molecule has 2 rings (SSSR count). The fourth-order valence-electron chi connectivity index (χ4n) is 2.41. The van der Waals surface area contributed by atoms with Crippen LogP contribution < -0.4 is 5.32 Å². The van der Waals surface area contributed by atoms with Gasteiger partial charge < -0.3 is 10.4 Å². The summed E-state index contributed by atoms with van der Waals surface area (Å²) in [4.78, 5) is 5.54. The minimum absolute atomic E-state index is 0.319. The Morgan fingerprint density at radius 3 is 3.00 bits per heavy atom. The molecule has 1 aromatic heterocycles. The predicted molar refractivity (Wildman–Crippen MR) is 66.5 cm³/mol. The second-order valence-corrected chi connectivity index (χ2v) is 5.88. The van der Waals surface area contributed by atoms with Crippen molar-refractivity contribution in [1.29, 1.82) is 0 Å². The fourth-order valence-corrected chi connectivity index (χ4v) is 3.16. The molecule has 0 aliphatic heterocycles. The van der Waals surface area contributed by atoms with E-state index < -0.39 is 0 Å². The first-order chi connectivity index (χ1) is 7.79. The minimum atomic E-state index is 0.319. The van der Waals surface area contributed by atoms with Gasteiger partial charge in [0.05, 0.1) is 5.01 Å². The summed E-state index contributed by atoms with van der Waals surface area (Å²) in [6, 6.07) is 0.487. The maximum Gasteiger partial charge on any atom is 0.0897 e. The Bertz CT molecular complexity index is 327. The molecule has 4 heteroatoms. The molecule has 0 radical (unpaired) electrons. The van der Waals surface area contributed by atoms with Gasteiger partial charge in [0.15, 0.2) is 0 Å². The highest BCUT2D eigenvalue weighted by Gasteiger charge is 2.23. The van der Waals surface area contributed by atoms with E-state index in [4.69, 9.17) is 0 Å². The number of aliphatic hydroxyl groups excluding tert-OH is 1. The molecular weight excluding hydrogens is 220 g/mol. The zero-order valence-corrected chi connectivity index (χ0v) is 10.6. The second-order valence-electron chi connectivity index (χ2n) is 4.56. The third-order valence-corrected chi connectivity index (χ3v) is 4.26. The van der Waals surface area contributed by atoms with E-state index in [-0.39, 0.29) is 0 Å². The first kappa shape index (κ1) is 12.0. The van der Waals surface area contributed by atoms with Gasteiger partial charge >= 0.3 is 0 Å². The highest BCUT2D eigenvalue weighted by molar-refractivity contribution is 7.11. The molecule has 2 atom stereocenters. The topological polar surface area (TPSA) is 45.2 Å². The smallest absolute Gasteiger partial charge is 0.0897 e. The lowest BCUT2D eigenvalue weighted by Crippen LogP contribution is -2.39. The zero-order chi connectivity index (χ0) is 11.4. The van der Waals surface area contributed by atoms with Crippen LogP contribution in [0, 0.1) is 12.8 Å². The number of nitrogens with zero attached hydrogens (tertiary/aromatic N) is 1. The Morgan fingerprint density at radius 2 is 2.31 bits per heavy atom. The molecule has 2 N–H and O–H groups in total. The quantitative estimate of drug-likeness (QED) is 0.847. The molecule has 1 aromatic rings. The van der Waals surface area contributed by atoms with Gasteiger partial charge in [-0.3, -0.25) is 0 Å². The summed E-state index contributed by atoms with van der Waals surface area (Å²) in [6.07, 6.45) is 6.86. The normalized spacial score (nSPS) is 25.9. The van der Waals surface area contributed by atoms with E-state index in [1.165, 1.54) is 24.1 Å². The summed E-state index contributed by atoms with van der Waals surface area (Å²) >= 11 is 1.75. The van der Waals surface area contributed by atoms with Crippen molar-refractivity contribution in [2.45, 2.75) is 45.2 Å².